The third kappa shape index (κ3) is 4.44. The molecule has 0 saturated carbocycles. The fourth-order valence-corrected chi connectivity index (χ4v) is 0.743. The van der Waals surface area contributed by atoms with Crippen molar-refractivity contribution in [2.45, 2.75) is 26.7 Å². The molecular weight excluding hydrogens is 138 g/mol. The van der Waals surface area contributed by atoms with E-state index in [0.717, 1.165) is 13.0 Å². The molecular formula is C9H15NO. The van der Waals surface area contributed by atoms with Gasteiger partial charge in [-0.25, -0.2) is 0 Å². The van der Waals surface area contributed by atoms with E-state index < -0.39 is 0 Å². The average Bonchev–Trinajstić information content (AvgIpc) is 2.03. The number of hydrogen-bond acceptors (Lipinski definition) is 1. The van der Waals surface area contributed by atoms with Crippen LogP contribution in [0.15, 0.2) is 0 Å². The maximum atomic E-state index is 11.0. The molecule has 0 aromatic rings. The van der Waals surface area contributed by atoms with Crippen molar-refractivity contribution in [2.75, 3.05) is 13.6 Å². The first-order valence-corrected chi connectivity index (χ1v) is 3.86. The number of carbonyl (C=O) groups is 1. The van der Waals surface area contributed by atoms with Gasteiger partial charge in [-0.05, 0) is 6.92 Å². The van der Waals surface area contributed by atoms with Crippen LogP contribution in [0.4, 0.5) is 0 Å². The summed E-state index contributed by atoms with van der Waals surface area (Å²) < 4.78 is 0. The minimum Gasteiger partial charge on any atom is -0.345 e. The second-order valence-corrected chi connectivity index (χ2v) is 2.35. The van der Waals surface area contributed by atoms with Crippen molar-refractivity contribution in [3.05, 3.63) is 0 Å². The van der Waals surface area contributed by atoms with E-state index in [4.69, 9.17) is 0 Å². The highest BCUT2D eigenvalue weighted by Crippen LogP contribution is 1.90. The lowest BCUT2D eigenvalue weighted by Gasteiger charge is -2.13. The highest BCUT2D eigenvalue weighted by Gasteiger charge is 2.02. The Morgan fingerprint density at radius 3 is 2.64 bits per heavy atom. The summed E-state index contributed by atoms with van der Waals surface area (Å²) in [7, 11) is 1.81. The van der Waals surface area contributed by atoms with Crippen LogP contribution >= 0.6 is 0 Å². The Morgan fingerprint density at radius 1 is 1.55 bits per heavy atom. The molecule has 62 valence electrons. The number of nitrogens with zero attached hydrogens (tertiary/aromatic N) is 1. The van der Waals surface area contributed by atoms with Gasteiger partial charge in [0.25, 0.3) is 0 Å². The summed E-state index contributed by atoms with van der Waals surface area (Å²) >= 11 is 0. The molecule has 0 aliphatic carbocycles. The Labute approximate surface area is 68.6 Å². The fourth-order valence-electron chi connectivity index (χ4n) is 0.743. The summed E-state index contributed by atoms with van der Waals surface area (Å²) in [6, 6.07) is 0. The third-order valence-electron chi connectivity index (χ3n) is 1.48. The first kappa shape index (κ1) is 10.0. The van der Waals surface area contributed by atoms with Crippen LogP contribution in [-0.2, 0) is 4.79 Å². The Balaban J connectivity index is 3.57. The summed E-state index contributed by atoms with van der Waals surface area (Å²) in [6.07, 6.45) is 1.36. The van der Waals surface area contributed by atoms with E-state index in [1.807, 2.05) is 20.9 Å². The average molecular weight is 153 g/mol. The standard InChI is InChI=1S/C9H15NO/c1-4-6-7-8-10(3)9(11)5-2/h5,7-8H2,1-3H3. The molecule has 0 saturated heterocycles. The summed E-state index contributed by atoms with van der Waals surface area (Å²) in [4.78, 5) is 12.7. The topological polar surface area (TPSA) is 20.3 Å². The van der Waals surface area contributed by atoms with Gasteiger partial charge in [0.15, 0.2) is 0 Å². The number of rotatable bonds is 3. The second-order valence-electron chi connectivity index (χ2n) is 2.35. The molecule has 0 heterocycles. The summed E-state index contributed by atoms with van der Waals surface area (Å²) in [6.45, 7) is 4.42. The molecule has 0 aromatic carbocycles. The van der Waals surface area contributed by atoms with Crippen LogP contribution in [0.5, 0.6) is 0 Å². The quantitative estimate of drug-likeness (QED) is 0.559. The lowest BCUT2D eigenvalue weighted by atomic mass is 10.3. The predicted octanol–water partition coefficient (Wildman–Crippen LogP) is 1.27. The number of carbonyl (C=O) groups excluding carboxylic acids is 1. The Kier molecular flexibility index (Phi) is 5.28. The smallest absolute Gasteiger partial charge is 0.222 e. The van der Waals surface area contributed by atoms with Crippen molar-refractivity contribution in [2.24, 2.45) is 0 Å². The number of hydrogen-bond donors (Lipinski definition) is 0. The van der Waals surface area contributed by atoms with E-state index in [2.05, 4.69) is 11.8 Å². The van der Waals surface area contributed by atoms with Crippen LogP contribution in [0.2, 0.25) is 0 Å². The van der Waals surface area contributed by atoms with Gasteiger partial charge in [-0.15, -0.1) is 11.8 Å². The minimum atomic E-state index is 0.183. The third-order valence-corrected chi connectivity index (χ3v) is 1.48. The lowest BCUT2D eigenvalue weighted by molar-refractivity contribution is -0.129. The predicted molar refractivity (Wildman–Crippen MR) is 46.0 cm³/mol. The van der Waals surface area contributed by atoms with Crippen molar-refractivity contribution in [3.63, 3.8) is 0 Å². The van der Waals surface area contributed by atoms with E-state index in [-0.39, 0.29) is 5.91 Å². The van der Waals surface area contributed by atoms with Gasteiger partial charge < -0.3 is 4.90 Å². The van der Waals surface area contributed by atoms with Gasteiger partial charge in [-0.3, -0.25) is 4.79 Å². The zero-order chi connectivity index (χ0) is 8.69. The van der Waals surface area contributed by atoms with Crippen molar-refractivity contribution in [1.82, 2.24) is 4.90 Å². The molecule has 0 unspecified atom stereocenters. The van der Waals surface area contributed by atoms with Crippen LogP contribution in [-0.4, -0.2) is 24.4 Å². The zero-order valence-electron chi connectivity index (χ0n) is 7.48. The van der Waals surface area contributed by atoms with Gasteiger partial charge in [-0.1, -0.05) is 6.92 Å². The molecule has 0 aromatic heterocycles. The SMILES string of the molecule is CC#CCCN(C)C(=O)CC. The first-order chi connectivity index (χ1) is 5.22. The molecule has 2 heteroatoms. The molecule has 0 aliphatic rings. The van der Waals surface area contributed by atoms with Crippen molar-refractivity contribution >= 4 is 5.91 Å². The Hall–Kier alpha value is -0.970. The highest BCUT2D eigenvalue weighted by atomic mass is 16.2. The molecule has 0 rings (SSSR count). The van der Waals surface area contributed by atoms with Crippen molar-refractivity contribution in [3.8, 4) is 11.8 Å². The van der Waals surface area contributed by atoms with Gasteiger partial charge >= 0.3 is 0 Å². The molecule has 0 fully saturated rings. The molecule has 1 amide bonds. The lowest BCUT2D eigenvalue weighted by Crippen LogP contribution is -2.26. The minimum absolute atomic E-state index is 0.183. The maximum absolute atomic E-state index is 11.0. The summed E-state index contributed by atoms with van der Waals surface area (Å²) in [5, 5.41) is 0. The highest BCUT2D eigenvalue weighted by molar-refractivity contribution is 5.75. The molecule has 11 heavy (non-hydrogen) atoms. The van der Waals surface area contributed by atoms with Gasteiger partial charge in [0.2, 0.25) is 5.91 Å². The Bertz CT molecular complexity index is 176. The molecule has 0 N–H and O–H groups in total. The largest absolute Gasteiger partial charge is 0.345 e. The van der Waals surface area contributed by atoms with Crippen LogP contribution < -0.4 is 0 Å². The van der Waals surface area contributed by atoms with Crippen LogP contribution in [0, 0.1) is 11.8 Å². The zero-order valence-corrected chi connectivity index (χ0v) is 7.48. The molecule has 0 atom stereocenters. The van der Waals surface area contributed by atoms with E-state index in [1.54, 1.807) is 4.90 Å². The van der Waals surface area contributed by atoms with Gasteiger partial charge in [0, 0.05) is 26.4 Å². The molecule has 0 aliphatic heterocycles. The molecule has 0 spiro atoms. The summed E-state index contributed by atoms with van der Waals surface area (Å²) in [5.74, 6) is 5.89. The van der Waals surface area contributed by atoms with E-state index in [0.29, 0.717) is 6.42 Å². The number of amides is 1. The van der Waals surface area contributed by atoms with Crippen LogP contribution in [0.3, 0.4) is 0 Å². The van der Waals surface area contributed by atoms with Gasteiger partial charge in [0.05, 0.1) is 0 Å². The van der Waals surface area contributed by atoms with Gasteiger partial charge in [0.1, 0.15) is 0 Å². The fraction of sp³-hybridized carbons (Fsp3) is 0.667. The molecule has 2 nitrogen and oxygen atoms in total. The van der Waals surface area contributed by atoms with Crippen LogP contribution in [0.1, 0.15) is 26.7 Å². The summed E-state index contributed by atoms with van der Waals surface area (Å²) in [5.41, 5.74) is 0. The van der Waals surface area contributed by atoms with Crippen molar-refractivity contribution < 1.29 is 4.79 Å². The Morgan fingerprint density at radius 2 is 2.18 bits per heavy atom. The first-order valence-electron chi connectivity index (χ1n) is 3.86. The van der Waals surface area contributed by atoms with Crippen LogP contribution in [0.25, 0.3) is 0 Å². The molecule has 0 bridgehead atoms. The monoisotopic (exact) mass is 153 g/mol. The van der Waals surface area contributed by atoms with Gasteiger partial charge in [-0.2, -0.15) is 0 Å². The van der Waals surface area contributed by atoms with E-state index in [1.165, 1.54) is 0 Å². The van der Waals surface area contributed by atoms with Crippen molar-refractivity contribution in [1.29, 1.82) is 0 Å². The normalized spacial score (nSPS) is 8.27. The van der Waals surface area contributed by atoms with E-state index >= 15 is 0 Å². The second kappa shape index (κ2) is 5.79. The maximum Gasteiger partial charge on any atom is 0.222 e. The molecule has 0 radical (unpaired) electrons. The van der Waals surface area contributed by atoms with E-state index in [9.17, 15) is 4.79 Å².